The molecule has 0 saturated heterocycles. The lowest BCUT2D eigenvalue weighted by Crippen LogP contribution is -2.14. The predicted molar refractivity (Wildman–Crippen MR) is 94.8 cm³/mol. The van der Waals surface area contributed by atoms with E-state index in [4.69, 9.17) is 0 Å². The minimum Gasteiger partial charge on any atom is -0.508 e. The predicted octanol–water partition coefficient (Wildman–Crippen LogP) is 2.92. The maximum absolute atomic E-state index is 12.1. The van der Waals surface area contributed by atoms with Gasteiger partial charge in [0, 0.05) is 37.4 Å². The van der Waals surface area contributed by atoms with Crippen molar-refractivity contribution in [2.24, 2.45) is 0 Å². The summed E-state index contributed by atoms with van der Waals surface area (Å²) in [5.41, 5.74) is 2.21. The summed E-state index contributed by atoms with van der Waals surface area (Å²) < 4.78 is 0. The van der Waals surface area contributed by atoms with E-state index in [2.05, 4.69) is 10.6 Å². The van der Waals surface area contributed by atoms with Gasteiger partial charge in [-0.15, -0.1) is 0 Å². The third-order valence-corrected chi connectivity index (χ3v) is 3.24. The fourth-order valence-corrected chi connectivity index (χ4v) is 1.92. The number of nitrogens with zero attached hydrogens (tertiary/aromatic N) is 2. The molecule has 0 saturated carbocycles. The molecule has 0 aliphatic heterocycles. The Morgan fingerprint density at radius 1 is 1.17 bits per heavy atom. The molecule has 0 heterocycles. The molecule has 24 heavy (non-hydrogen) atoms. The van der Waals surface area contributed by atoms with Crippen molar-refractivity contribution in [2.45, 2.75) is 0 Å². The molecule has 6 nitrogen and oxygen atoms in total. The van der Waals surface area contributed by atoms with Crippen LogP contribution in [-0.2, 0) is 4.79 Å². The molecule has 122 valence electrons. The number of nitriles is 1. The van der Waals surface area contributed by atoms with Gasteiger partial charge >= 0.3 is 0 Å². The molecule has 0 aromatic heterocycles. The molecule has 0 spiro atoms. The summed E-state index contributed by atoms with van der Waals surface area (Å²) in [5, 5.41) is 24.0. The number of carbonyl (C=O) groups is 1. The van der Waals surface area contributed by atoms with Crippen LogP contribution in [0.25, 0.3) is 0 Å². The summed E-state index contributed by atoms with van der Waals surface area (Å²) in [6.07, 6.45) is 1.37. The van der Waals surface area contributed by atoms with E-state index in [9.17, 15) is 15.2 Å². The van der Waals surface area contributed by atoms with Gasteiger partial charge in [-0.3, -0.25) is 4.79 Å². The third kappa shape index (κ3) is 4.52. The second-order valence-electron chi connectivity index (χ2n) is 5.26. The number of amides is 1. The summed E-state index contributed by atoms with van der Waals surface area (Å²) in [7, 11) is 3.86. The molecule has 2 aromatic rings. The van der Waals surface area contributed by atoms with Crippen molar-refractivity contribution < 1.29 is 9.90 Å². The van der Waals surface area contributed by atoms with Crippen molar-refractivity contribution in [3.63, 3.8) is 0 Å². The van der Waals surface area contributed by atoms with Gasteiger partial charge in [-0.2, -0.15) is 5.26 Å². The lowest BCUT2D eigenvalue weighted by molar-refractivity contribution is -0.112. The molecule has 0 aliphatic carbocycles. The average molecular weight is 322 g/mol. The maximum Gasteiger partial charge on any atom is 0.267 e. The Kier molecular flexibility index (Phi) is 5.42. The monoisotopic (exact) mass is 322 g/mol. The Hall–Kier alpha value is -3.46. The van der Waals surface area contributed by atoms with E-state index in [-0.39, 0.29) is 11.3 Å². The topological polar surface area (TPSA) is 88.4 Å². The second kappa shape index (κ2) is 7.70. The highest BCUT2D eigenvalue weighted by atomic mass is 16.3. The van der Waals surface area contributed by atoms with Crippen molar-refractivity contribution in [2.75, 3.05) is 29.6 Å². The Morgan fingerprint density at radius 3 is 2.50 bits per heavy atom. The van der Waals surface area contributed by atoms with Crippen LogP contribution in [0.3, 0.4) is 0 Å². The van der Waals surface area contributed by atoms with Crippen molar-refractivity contribution >= 4 is 23.0 Å². The molecule has 0 aliphatic rings. The van der Waals surface area contributed by atoms with E-state index >= 15 is 0 Å². The fraction of sp³-hybridized carbons (Fsp3) is 0.111. The van der Waals surface area contributed by atoms with Crippen LogP contribution >= 0.6 is 0 Å². The molecule has 0 unspecified atom stereocenters. The highest BCUT2D eigenvalue weighted by Gasteiger charge is 2.09. The lowest BCUT2D eigenvalue weighted by atomic mass is 10.2. The Morgan fingerprint density at radius 2 is 1.88 bits per heavy atom. The van der Waals surface area contributed by atoms with Gasteiger partial charge < -0.3 is 20.6 Å². The maximum atomic E-state index is 12.1. The van der Waals surface area contributed by atoms with Crippen LogP contribution in [0.2, 0.25) is 0 Å². The smallest absolute Gasteiger partial charge is 0.267 e. The number of benzene rings is 2. The molecule has 2 aromatic carbocycles. The van der Waals surface area contributed by atoms with Crippen LogP contribution < -0.4 is 15.5 Å². The first-order chi connectivity index (χ1) is 11.5. The number of carbonyl (C=O) groups excluding carboxylic acids is 1. The van der Waals surface area contributed by atoms with Gasteiger partial charge in [0.15, 0.2) is 0 Å². The zero-order chi connectivity index (χ0) is 17.5. The minimum atomic E-state index is -0.528. The van der Waals surface area contributed by atoms with Gasteiger partial charge in [-0.25, -0.2) is 0 Å². The van der Waals surface area contributed by atoms with Crippen molar-refractivity contribution in [1.82, 2.24) is 0 Å². The molecule has 0 radical (unpaired) electrons. The van der Waals surface area contributed by atoms with E-state index in [1.807, 2.05) is 49.3 Å². The van der Waals surface area contributed by atoms with Gasteiger partial charge in [0.1, 0.15) is 17.4 Å². The normalized spacial score (nSPS) is 10.6. The number of phenols is 1. The number of anilines is 3. The van der Waals surface area contributed by atoms with Crippen LogP contribution in [0, 0.1) is 11.3 Å². The highest BCUT2D eigenvalue weighted by molar-refractivity contribution is 6.06. The second-order valence-corrected chi connectivity index (χ2v) is 5.26. The van der Waals surface area contributed by atoms with Crippen LogP contribution in [-0.4, -0.2) is 25.1 Å². The first-order valence-electron chi connectivity index (χ1n) is 7.24. The standard InChI is InChI=1S/C18H18N4O2/c1-22(2)16-5-3-4-15(10-16)20-12-13(11-19)18(24)21-14-6-8-17(23)9-7-14/h3-10,12,20,23H,1-2H3,(H,21,24)/b13-12-. The van der Waals surface area contributed by atoms with Gasteiger partial charge in [-0.1, -0.05) is 6.07 Å². The molecule has 0 bridgehead atoms. The Labute approximate surface area is 140 Å². The summed E-state index contributed by atoms with van der Waals surface area (Å²) in [4.78, 5) is 14.1. The van der Waals surface area contributed by atoms with Crippen molar-refractivity contribution in [3.8, 4) is 11.8 Å². The van der Waals surface area contributed by atoms with E-state index in [1.54, 1.807) is 12.1 Å². The number of aromatic hydroxyl groups is 1. The number of rotatable bonds is 5. The van der Waals surface area contributed by atoms with E-state index in [0.29, 0.717) is 5.69 Å². The first-order valence-corrected chi connectivity index (χ1v) is 7.24. The Bertz CT molecular complexity index is 789. The third-order valence-electron chi connectivity index (χ3n) is 3.24. The van der Waals surface area contributed by atoms with E-state index in [1.165, 1.54) is 18.3 Å². The molecular weight excluding hydrogens is 304 g/mol. The lowest BCUT2D eigenvalue weighted by Gasteiger charge is -2.13. The molecular formula is C18H18N4O2. The number of hydrogen-bond donors (Lipinski definition) is 3. The zero-order valence-electron chi connectivity index (χ0n) is 13.4. The van der Waals surface area contributed by atoms with E-state index in [0.717, 1.165) is 11.4 Å². The van der Waals surface area contributed by atoms with Gasteiger partial charge in [0.25, 0.3) is 5.91 Å². The molecule has 0 atom stereocenters. The molecule has 0 fully saturated rings. The van der Waals surface area contributed by atoms with Crippen LogP contribution in [0.4, 0.5) is 17.1 Å². The molecule has 6 heteroatoms. The largest absolute Gasteiger partial charge is 0.508 e. The SMILES string of the molecule is CN(C)c1cccc(N/C=C(/C#N)C(=O)Nc2ccc(O)cc2)c1. The van der Waals surface area contributed by atoms with Crippen LogP contribution in [0.1, 0.15) is 0 Å². The summed E-state index contributed by atoms with van der Waals surface area (Å²) >= 11 is 0. The zero-order valence-corrected chi connectivity index (χ0v) is 13.4. The molecule has 1 amide bonds. The summed E-state index contributed by atoms with van der Waals surface area (Å²) in [6.45, 7) is 0. The van der Waals surface area contributed by atoms with Crippen LogP contribution in [0.5, 0.6) is 5.75 Å². The van der Waals surface area contributed by atoms with Gasteiger partial charge in [0.2, 0.25) is 0 Å². The summed E-state index contributed by atoms with van der Waals surface area (Å²) in [5.74, 6) is -0.425. The van der Waals surface area contributed by atoms with Gasteiger partial charge in [0.05, 0.1) is 0 Å². The van der Waals surface area contributed by atoms with Gasteiger partial charge in [-0.05, 0) is 42.5 Å². The number of phenolic OH excluding ortho intramolecular Hbond substituents is 1. The number of hydrogen-bond acceptors (Lipinski definition) is 5. The highest BCUT2D eigenvalue weighted by Crippen LogP contribution is 2.18. The summed E-state index contributed by atoms with van der Waals surface area (Å²) in [6, 6.07) is 15.5. The van der Waals surface area contributed by atoms with E-state index < -0.39 is 5.91 Å². The van der Waals surface area contributed by atoms with Crippen molar-refractivity contribution in [1.29, 1.82) is 5.26 Å². The molecule has 2 rings (SSSR count). The van der Waals surface area contributed by atoms with Crippen LogP contribution in [0.15, 0.2) is 60.3 Å². The number of nitrogens with one attached hydrogen (secondary N) is 2. The first kappa shape index (κ1) is 16.9. The quantitative estimate of drug-likeness (QED) is 0.447. The fourth-order valence-electron chi connectivity index (χ4n) is 1.92. The Balaban J connectivity index is 2.08. The minimum absolute atomic E-state index is 0.0571. The van der Waals surface area contributed by atoms with Crippen molar-refractivity contribution in [3.05, 3.63) is 60.3 Å². The molecule has 3 N–H and O–H groups in total. The average Bonchev–Trinajstić information content (AvgIpc) is 2.57.